The highest BCUT2D eigenvalue weighted by atomic mass is 19.4. The van der Waals surface area contributed by atoms with Crippen LogP contribution >= 0.6 is 0 Å². The lowest BCUT2D eigenvalue weighted by molar-refractivity contribution is -0.122. The third-order valence-corrected chi connectivity index (χ3v) is 3.28. The van der Waals surface area contributed by atoms with Crippen molar-refractivity contribution in [1.29, 1.82) is 0 Å². The Morgan fingerprint density at radius 3 is 2.32 bits per heavy atom. The number of hydrogen-bond acceptors (Lipinski definition) is 1. The van der Waals surface area contributed by atoms with Crippen molar-refractivity contribution in [2.75, 3.05) is 13.1 Å². The summed E-state index contributed by atoms with van der Waals surface area (Å²) in [6, 6.07) is 8.91. The molecule has 1 aromatic carbocycles. The number of carbonyl (C=O) groups is 1. The summed E-state index contributed by atoms with van der Waals surface area (Å²) in [5.41, 5.74) is 1.02. The van der Waals surface area contributed by atoms with Crippen molar-refractivity contribution in [3.63, 3.8) is 0 Å². The molecule has 0 atom stereocenters. The van der Waals surface area contributed by atoms with Gasteiger partial charge in [-0.25, -0.2) is 4.79 Å². The van der Waals surface area contributed by atoms with Crippen molar-refractivity contribution in [2.24, 2.45) is 0 Å². The van der Waals surface area contributed by atoms with E-state index in [4.69, 9.17) is 0 Å². The molecule has 1 aliphatic carbocycles. The molecule has 1 fully saturated rings. The molecule has 1 saturated carbocycles. The predicted octanol–water partition coefficient (Wildman–Crippen LogP) is 2.58. The largest absolute Gasteiger partial charge is 0.405 e. The zero-order valence-electron chi connectivity index (χ0n) is 10.3. The van der Waals surface area contributed by atoms with Gasteiger partial charge in [-0.1, -0.05) is 30.3 Å². The Kier molecular flexibility index (Phi) is 3.68. The smallest absolute Gasteiger partial charge is 0.337 e. The zero-order chi connectivity index (χ0) is 13.9. The monoisotopic (exact) mass is 272 g/mol. The molecule has 0 radical (unpaired) electrons. The van der Waals surface area contributed by atoms with Gasteiger partial charge in [-0.15, -0.1) is 0 Å². The number of urea groups is 1. The van der Waals surface area contributed by atoms with Gasteiger partial charge in [-0.05, 0) is 18.4 Å². The van der Waals surface area contributed by atoms with Gasteiger partial charge < -0.3 is 10.6 Å². The normalized spacial score (nSPS) is 16.8. The number of hydrogen-bond donors (Lipinski definition) is 2. The van der Waals surface area contributed by atoms with Crippen LogP contribution in [0, 0.1) is 0 Å². The van der Waals surface area contributed by atoms with E-state index in [0.717, 1.165) is 18.4 Å². The molecular formula is C13H15F3N2O. The van der Waals surface area contributed by atoms with Crippen molar-refractivity contribution in [2.45, 2.75) is 24.4 Å². The highest BCUT2D eigenvalue weighted by Gasteiger charge is 2.44. The van der Waals surface area contributed by atoms with E-state index in [1.807, 2.05) is 30.3 Å². The number of benzene rings is 1. The first-order valence-electron chi connectivity index (χ1n) is 6.05. The van der Waals surface area contributed by atoms with Crippen LogP contribution in [0.5, 0.6) is 0 Å². The van der Waals surface area contributed by atoms with Crippen LogP contribution in [0.25, 0.3) is 0 Å². The number of alkyl halides is 3. The van der Waals surface area contributed by atoms with E-state index in [0.29, 0.717) is 6.54 Å². The molecule has 0 bridgehead atoms. The Morgan fingerprint density at radius 2 is 1.79 bits per heavy atom. The molecule has 6 heteroatoms. The summed E-state index contributed by atoms with van der Waals surface area (Å²) < 4.78 is 35.8. The van der Waals surface area contributed by atoms with Gasteiger partial charge in [0.05, 0.1) is 0 Å². The van der Waals surface area contributed by atoms with E-state index in [1.165, 1.54) is 0 Å². The molecular weight excluding hydrogens is 257 g/mol. The Hall–Kier alpha value is -1.72. The second-order valence-electron chi connectivity index (χ2n) is 4.80. The van der Waals surface area contributed by atoms with E-state index in [1.54, 1.807) is 5.32 Å². The molecule has 19 heavy (non-hydrogen) atoms. The molecule has 2 rings (SSSR count). The maximum Gasteiger partial charge on any atom is 0.405 e. The summed E-state index contributed by atoms with van der Waals surface area (Å²) in [6.45, 7) is -0.947. The minimum Gasteiger partial charge on any atom is -0.337 e. The minimum absolute atomic E-state index is 0.100. The van der Waals surface area contributed by atoms with Gasteiger partial charge in [0.2, 0.25) is 0 Å². The van der Waals surface area contributed by atoms with Crippen molar-refractivity contribution >= 4 is 6.03 Å². The summed E-state index contributed by atoms with van der Waals surface area (Å²) in [6.07, 6.45) is -2.50. The molecule has 0 aliphatic heterocycles. The van der Waals surface area contributed by atoms with Crippen LogP contribution in [0.1, 0.15) is 18.4 Å². The van der Waals surface area contributed by atoms with Crippen molar-refractivity contribution < 1.29 is 18.0 Å². The SMILES string of the molecule is O=C(NCC(F)(F)F)NCC1(c2ccccc2)CC1. The molecule has 0 saturated heterocycles. The van der Waals surface area contributed by atoms with Gasteiger partial charge in [0.25, 0.3) is 0 Å². The third kappa shape index (κ3) is 3.87. The predicted molar refractivity (Wildman–Crippen MR) is 64.8 cm³/mol. The maximum atomic E-state index is 11.9. The first kappa shape index (κ1) is 13.7. The van der Waals surface area contributed by atoms with Crippen molar-refractivity contribution in [1.82, 2.24) is 10.6 Å². The second kappa shape index (κ2) is 5.11. The first-order valence-corrected chi connectivity index (χ1v) is 6.05. The molecule has 2 N–H and O–H groups in total. The van der Waals surface area contributed by atoms with Crippen LogP contribution in [-0.4, -0.2) is 25.3 Å². The molecule has 0 spiro atoms. The lowest BCUT2D eigenvalue weighted by Gasteiger charge is -2.17. The van der Waals surface area contributed by atoms with Crippen LogP contribution in [0.3, 0.4) is 0 Å². The van der Waals surface area contributed by atoms with Crippen molar-refractivity contribution in [3.8, 4) is 0 Å². The fourth-order valence-electron chi connectivity index (χ4n) is 2.00. The summed E-state index contributed by atoms with van der Waals surface area (Å²) in [4.78, 5) is 11.3. The Morgan fingerprint density at radius 1 is 1.16 bits per heavy atom. The average Bonchev–Trinajstić information content (AvgIpc) is 3.15. The van der Waals surface area contributed by atoms with Crippen LogP contribution in [0.15, 0.2) is 30.3 Å². The molecule has 0 heterocycles. The maximum absolute atomic E-state index is 11.9. The van der Waals surface area contributed by atoms with Gasteiger partial charge in [0.1, 0.15) is 6.54 Å². The number of carbonyl (C=O) groups excluding carboxylic acids is 1. The van der Waals surface area contributed by atoms with E-state index in [2.05, 4.69) is 5.32 Å². The van der Waals surface area contributed by atoms with Gasteiger partial charge in [-0.3, -0.25) is 0 Å². The molecule has 104 valence electrons. The number of halogens is 3. The number of rotatable bonds is 4. The fraction of sp³-hybridized carbons (Fsp3) is 0.462. The minimum atomic E-state index is -4.38. The van der Waals surface area contributed by atoms with Crippen LogP contribution < -0.4 is 10.6 Å². The molecule has 2 amide bonds. The first-order chi connectivity index (χ1) is 8.91. The van der Waals surface area contributed by atoms with E-state index in [9.17, 15) is 18.0 Å². The Bertz CT molecular complexity index is 441. The Balaban J connectivity index is 1.81. The quantitative estimate of drug-likeness (QED) is 0.869. The molecule has 1 aromatic rings. The molecule has 0 aromatic heterocycles. The van der Waals surface area contributed by atoms with Gasteiger partial charge in [0, 0.05) is 12.0 Å². The fourth-order valence-corrected chi connectivity index (χ4v) is 2.00. The standard InChI is InChI=1S/C13H15F3N2O/c14-13(15,16)9-18-11(19)17-8-12(6-7-12)10-4-2-1-3-5-10/h1-5H,6-9H2,(H2,17,18,19). The zero-order valence-corrected chi connectivity index (χ0v) is 10.3. The molecule has 3 nitrogen and oxygen atoms in total. The highest BCUT2D eigenvalue weighted by Crippen LogP contribution is 2.47. The van der Waals surface area contributed by atoms with Gasteiger partial charge in [-0.2, -0.15) is 13.2 Å². The lowest BCUT2D eigenvalue weighted by atomic mass is 9.96. The van der Waals surface area contributed by atoms with Crippen molar-refractivity contribution in [3.05, 3.63) is 35.9 Å². The average molecular weight is 272 g/mol. The van der Waals surface area contributed by atoms with Gasteiger partial charge >= 0.3 is 12.2 Å². The van der Waals surface area contributed by atoms with Crippen LogP contribution in [-0.2, 0) is 5.41 Å². The van der Waals surface area contributed by atoms with Gasteiger partial charge in [0.15, 0.2) is 0 Å². The third-order valence-electron chi connectivity index (χ3n) is 3.28. The highest BCUT2D eigenvalue weighted by molar-refractivity contribution is 5.74. The molecule has 1 aliphatic rings. The number of amides is 2. The Labute approximate surface area is 109 Å². The summed E-state index contributed by atoms with van der Waals surface area (Å²) in [5.74, 6) is 0. The number of nitrogens with one attached hydrogen (secondary N) is 2. The molecule has 0 unspecified atom stereocenters. The summed E-state index contributed by atoms with van der Waals surface area (Å²) in [5, 5.41) is 4.31. The van der Waals surface area contributed by atoms with E-state index >= 15 is 0 Å². The van der Waals surface area contributed by atoms with E-state index in [-0.39, 0.29) is 5.41 Å². The second-order valence-corrected chi connectivity index (χ2v) is 4.80. The summed E-state index contributed by atoms with van der Waals surface area (Å²) in [7, 11) is 0. The lowest BCUT2D eigenvalue weighted by Crippen LogP contribution is -2.43. The summed E-state index contributed by atoms with van der Waals surface area (Å²) >= 11 is 0. The van der Waals surface area contributed by atoms with Crippen LogP contribution in [0.2, 0.25) is 0 Å². The topological polar surface area (TPSA) is 41.1 Å². The van der Waals surface area contributed by atoms with Crippen LogP contribution in [0.4, 0.5) is 18.0 Å². The van der Waals surface area contributed by atoms with E-state index < -0.39 is 18.8 Å².